The molecule has 5 nitrogen and oxygen atoms in total. The molecule has 0 amide bonds. The fraction of sp³-hybridized carbons (Fsp3) is 0.314. The van der Waals surface area contributed by atoms with Gasteiger partial charge >= 0.3 is 0 Å². The van der Waals surface area contributed by atoms with Crippen molar-refractivity contribution in [2.75, 3.05) is 25.0 Å². The smallest absolute Gasteiger partial charge is 0.0900 e. The minimum atomic E-state index is 0.753. The van der Waals surface area contributed by atoms with Gasteiger partial charge in [0.05, 0.1) is 33.5 Å². The molecule has 4 aliphatic rings. The molecule has 3 aromatic rings. The fourth-order valence-corrected chi connectivity index (χ4v) is 6.87. The second-order valence-corrected chi connectivity index (χ2v) is 11.3. The number of anilines is 2. The van der Waals surface area contributed by atoms with Crippen LogP contribution >= 0.6 is 0 Å². The molecular formula is C35H37N5. The number of piperidine rings is 2. The highest BCUT2D eigenvalue weighted by Crippen LogP contribution is 2.33. The van der Waals surface area contributed by atoms with E-state index in [2.05, 4.69) is 106 Å². The highest BCUT2D eigenvalue weighted by Gasteiger charge is 2.32. The van der Waals surface area contributed by atoms with Gasteiger partial charge in [-0.15, -0.1) is 0 Å². The van der Waals surface area contributed by atoms with Gasteiger partial charge in [-0.25, -0.2) is 4.98 Å². The molecule has 0 spiro atoms. The van der Waals surface area contributed by atoms with Gasteiger partial charge in [0.25, 0.3) is 0 Å². The Hall–Kier alpha value is -3.96. The molecule has 3 heterocycles. The Kier molecular flexibility index (Phi) is 7.05. The molecule has 2 saturated heterocycles. The number of nitrogens with one attached hydrogen (secondary N) is 1. The Morgan fingerprint density at radius 3 is 2.45 bits per heavy atom. The topological polar surface area (TPSA) is 45.5 Å². The number of aromatic nitrogens is 2. The van der Waals surface area contributed by atoms with Crippen molar-refractivity contribution >= 4 is 22.4 Å². The highest BCUT2D eigenvalue weighted by atomic mass is 15.2. The van der Waals surface area contributed by atoms with Gasteiger partial charge in [0.2, 0.25) is 0 Å². The summed E-state index contributed by atoms with van der Waals surface area (Å²) in [6, 6.07) is 34.5. The number of rotatable bonds is 6. The number of hydrogen-bond acceptors (Lipinski definition) is 4. The average molecular weight is 528 g/mol. The molecule has 0 aromatic heterocycles. The summed E-state index contributed by atoms with van der Waals surface area (Å²) in [5, 5.41) is 4.65. The van der Waals surface area contributed by atoms with Crippen LogP contribution in [0.25, 0.3) is 28.1 Å². The number of benzene rings is 4. The van der Waals surface area contributed by atoms with Crippen molar-refractivity contribution < 1.29 is 0 Å². The van der Waals surface area contributed by atoms with Crippen LogP contribution in [0.3, 0.4) is 0 Å². The molecule has 0 radical (unpaired) electrons. The van der Waals surface area contributed by atoms with Gasteiger partial charge in [-0.2, -0.15) is 0 Å². The normalized spacial score (nSPS) is 20.1. The van der Waals surface area contributed by atoms with E-state index in [0.717, 1.165) is 69.8 Å². The highest BCUT2D eigenvalue weighted by molar-refractivity contribution is 5.84. The Balaban J connectivity index is 1.33. The van der Waals surface area contributed by atoms with E-state index >= 15 is 0 Å². The van der Waals surface area contributed by atoms with Crippen molar-refractivity contribution in [3.05, 3.63) is 102 Å². The Morgan fingerprint density at radius 1 is 0.800 bits per heavy atom. The first kappa shape index (κ1) is 25.0. The van der Waals surface area contributed by atoms with Gasteiger partial charge in [0, 0.05) is 24.0 Å². The minimum Gasteiger partial charge on any atom is -0.354 e. The van der Waals surface area contributed by atoms with Gasteiger partial charge in [-0.05, 0) is 99.6 Å². The first-order chi connectivity index (χ1) is 19.8. The molecule has 1 aliphatic carbocycles. The van der Waals surface area contributed by atoms with E-state index < -0.39 is 0 Å². The summed E-state index contributed by atoms with van der Waals surface area (Å²) in [5.41, 5.74) is 7.27. The van der Waals surface area contributed by atoms with Crippen LogP contribution in [0.2, 0.25) is 0 Å². The van der Waals surface area contributed by atoms with Crippen LogP contribution in [0.15, 0.2) is 102 Å². The molecule has 3 aliphatic heterocycles. The molecule has 2 fully saturated rings. The first-order valence-corrected chi connectivity index (χ1v) is 14.9. The Morgan fingerprint density at radius 2 is 1.57 bits per heavy atom. The number of fused-ring (bicyclic) bond motifs is 3. The summed E-state index contributed by atoms with van der Waals surface area (Å²) in [7, 11) is 0. The van der Waals surface area contributed by atoms with Gasteiger partial charge in [-0.1, -0.05) is 55.0 Å². The summed E-state index contributed by atoms with van der Waals surface area (Å²) in [5.74, 6) is 0.753. The summed E-state index contributed by atoms with van der Waals surface area (Å²) >= 11 is 0. The lowest BCUT2D eigenvalue weighted by atomic mass is 9.82. The summed E-state index contributed by atoms with van der Waals surface area (Å²) in [6.07, 6.45) is 7.92. The SMILES string of the molecule is c1ccc(Nc2cc3nc4ccccc4n(-c4ccccc4)c-3cc2=NCC[C@@H]2CCCN3CCCC[C@H]23)cc1. The second-order valence-electron chi connectivity index (χ2n) is 11.3. The first-order valence-electron chi connectivity index (χ1n) is 14.9. The summed E-state index contributed by atoms with van der Waals surface area (Å²) in [4.78, 5) is 13.1. The molecule has 202 valence electrons. The number of para-hydroxylation sites is 4. The molecule has 7 rings (SSSR count). The van der Waals surface area contributed by atoms with Crippen molar-refractivity contribution in [3.8, 4) is 17.1 Å². The summed E-state index contributed by atoms with van der Waals surface area (Å²) in [6.45, 7) is 3.42. The third-order valence-electron chi connectivity index (χ3n) is 8.78. The van der Waals surface area contributed by atoms with E-state index in [0.29, 0.717) is 0 Å². The number of nitrogens with zero attached hydrogens (tertiary/aromatic N) is 4. The minimum absolute atomic E-state index is 0.753. The van der Waals surface area contributed by atoms with Crippen molar-refractivity contribution in [1.29, 1.82) is 0 Å². The third-order valence-corrected chi connectivity index (χ3v) is 8.78. The van der Waals surface area contributed by atoms with Crippen LogP contribution in [-0.4, -0.2) is 40.1 Å². The molecule has 40 heavy (non-hydrogen) atoms. The Bertz CT molecular complexity index is 1620. The van der Waals surface area contributed by atoms with Crippen LogP contribution < -0.4 is 10.7 Å². The predicted molar refractivity (Wildman–Crippen MR) is 164 cm³/mol. The molecule has 0 saturated carbocycles. The van der Waals surface area contributed by atoms with Crippen molar-refractivity contribution in [3.63, 3.8) is 0 Å². The van der Waals surface area contributed by atoms with Crippen LogP contribution in [0.5, 0.6) is 0 Å². The van der Waals surface area contributed by atoms with Crippen molar-refractivity contribution in [1.82, 2.24) is 14.5 Å². The summed E-state index contributed by atoms with van der Waals surface area (Å²) < 4.78 is 2.32. The van der Waals surface area contributed by atoms with Gasteiger partial charge < -0.3 is 14.8 Å². The second kappa shape index (κ2) is 11.3. The lowest BCUT2D eigenvalue weighted by molar-refractivity contribution is 0.0569. The van der Waals surface area contributed by atoms with E-state index in [-0.39, 0.29) is 0 Å². The quantitative estimate of drug-likeness (QED) is 0.234. The van der Waals surface area contributed by atoms with E-state index in [4.69, 9.17) is 9.98 Å². The van der Waals surface area contributed by atoms with Crippen molar-refractivity contribution in [2.24, 2.45) is 10.9 Å². The zero-order valence-corrected chi connectivity index (χ0v) is 23.0. The van der Waals surface area contributed by atoms with Crippen LogP contribution in [0, 0.1) is 5.92 Å². The Labute approximate surface area is 236 Å². The molecule has 1 N–H and O–H groups in total. The van der Waals surface area contributed by atoms with E-state index in [1.807, 2.05) is 6.07 Å². The van der Waals surface area contributed by atoms with Crippen LogP contribution in [0.1, 0.15) is 38.5 Å². The third kappa shape index (κ3) is 5.02. The van der Waals surface area contributed by atoms with Crippen molar-refractivity contribution in [2.45, 2.75) is 44.6 Å². The largest absolute Gasteiger partial charge is 0.354 e. The van der Waals surface area contributed by atoms with Crippen LogP contribution in [0.4, 0.5) is 11.4 Å². The van der Waals surface area contributed by atoms with Gasteiger partial charge in [-0.3, -0.25) is 4.99 Å². The maximum atomic E-state index is 5.28. The van der Waals surface area contributed by atoms with E-state index in [1.165, 1.54) is 45.2 Å². The number of hydrogen-bond donors (Lipinski definition) is 1. The van der Waals surface area contributed by atoms with Crippen LogP contribution in [-0.2, 0) is 0 Å². The molecular weight excluding hydrogens is 490 g/mol. The molecule has 2 atom stereocenters. The zero-order valence-electron chi connectivity index (χ0n) is 23.0. The maximum absolute atomic E-state index is 5.28. The lowest BCUT2D eigenvalue weighted by Crippen LogP contribution is -2.48. The van der Waals surface area contributed by atoms with E-state index in [1.54, 1.807) is 0 Å². The molecule has 3 aromatic carbocycles. The van der Waals surface area contributed by atoms with Gasteiger partial charge in [0.1, 0.15) is 0 Å². The molecule has 5 heteroatoms. The fourth-order valence-electron chi connectivity index (χ4n) is 6.87. The molecule has 0 bridgehead atoms. The van der Waals surface area contributed by atoms with Gasteiger partial charge in [0.15, 0.2) is 0 Å². The average Bonchev–Trinajstić information content (AvgIpc) is 3.01. The van der Waals surface area contributed by atoms with E-state index in [9.17, 15) is 0 Å². The zero-order chi connectivity index (χ0) is 26.7. The lowest BCUT2D eigenvalue weighted by Gasteiger charge is -2.44. The maximum Gasteiger partial charge on any atom is 0.0900 e. The molecule has 0 unspecified atom stereocenters. The predicted octanol–water partition coefficient (Wildman–Crippen LogP) is 7.43. The standard InChI is InChI=1S/C35H37N5/c1-3-13-27(14-4-1)37-31-24-32-35(40(28-15-5-2-6-16-28)34-19-8-7-17-29(34)38-32)25-30(31)36-21-20-26-12-11-23-39-22-10-9-18-33(26)39/h1-8,13-17,19,24-26,33,37H,9-12,18,20-23H2/t26-,33+/m0/s1. The monoisotopic (exact) mass is 527 g/mol.